The molecule has 108 valence electrons. The number of nitrogens with zero attached hydrogens (tertiary/aromatic N) is 3. The standard InChI is InChI=1S/C14H26N4O/c1-17(2)14-16-10-12(18(14)3)9-15-8-11-5-4-6-13(19)7-11/h10-11,13,15,19H,4-9H2,1-3H3. The van der Waals surface area contributed by atoms with E-state index in [-0.39, 0.29) is 6.10 Å². The molecule has 1 saturated carbocycles. The molecule has 0 aromatic carbocycles. The van der Waals surface area contributed by atoms with E-state index in [0.717, 1.165) is 38.3 Å². The van der Waals surface area contributed by atoms with Crippen LogP contribution in [0.5, 0.6) is 0 Å². The Bertz CT molecular complexity index is 402. The minimum atomic E-state index is -0.0856. The summed E-state index contributed by atoms with van der Waals surface area (Å²) in [5, 5.41) is 13.2. The smallest absolute Gasteiger partial charge is 0.204 e. The van der Waals surface area contributed by atoms with Crippen LogP contribution in [0.2, 0.25) is 0 Å². The van der Waals surface area contributed by atoms with Crippen LogP contribution in [0.3, 0.4) is 0 Å². The summed E-state index contributed by atoms with van der Waals surface area (Å²) in [5.74, 6) is 1.59. The van der Waals surface area contributed by atoms with Gasteiger partial charge in [-0.3, -0.25) is 0 Å². The maximum atomic E-state index is 9.66. The lowest BCUT2D eigenvalue weighted by molar-refractivity contribution is 0.100. The predicted molar refractivity (Wildman–Crippen MR) is 77.2 cm³/mol. The van der Waals surface area contributed by atoms with E-state index in [2.05, 4.69) is 14.9 Å². The summed E-state index contributed by atoms with van der Waals surface area (Å²) in [7, 11) is 6.05. The third-order valence-corrected chi connectivity index (χ3v) is 3.95. The summed E-state index contributed by atoms with van der Waals surface area (Å²) < 4.78 is 2.11. The van der Waals surface area contributed by atoms with Crippen molar-refractivity contribution in [2.75, 3.05) is 25.5 Å². The molecule has 5 nitrogen and oxygen atoms in total. The molecule has 0 radical (unpaired) electrons. The summed E-state index contributed by atoms with van der Waals surface area (Å²) in [6, 6.07) is 0. The van der Waals surface area contributed by atoms with Crippen molar-refractivity contribution in [1.29, 1.82) is 0 Å². The molecule has 2 unspecified atom stereocenters. The number of aliphatic hydroxyl groups excluding tert-OH is 1. The Morgan fingerprint density at radius 3 is 2.89 bits per heavy atom. The number of imidazole rings is 1. The van der Waals surface area contributed by atoms with Gasteiger partial charge < -0.3 is 19.9 Å². The summed E-state index contributed by atoms with van der Waals surface area (Å²) in [6.07, 6.45) is 6.16. The van der Waals surface area contributed by atoms with Gasteiger partial charge in [0.15, 0.2) is 0 Å². The number of aliphatic hydroxyl groups is 1. The molecule has 1 heterocycles. The van der Waals surface area contributed by atoms with Crippen LogP contribution < -0.4 is 10.2 Å². The Kier molecular flexibility index (Phi) is 4.82. The molecule has 5 heteroatoms. The van der Waals surface area contributed by atoms with E-state index in [1.54, 1.807) is 0 Å². The highest BCUT2D eigenvalue weighted by atomic mass is 16.3. The fourth-order valence-electron chi connectivity index (χ4n) is 2.87. The highest BCUT2D eigenvalue weighted by Gasteiger charge is 2.19. The molecule has 1 fully saturated rings. The average molecular weight is 266 g/mol. The number of nitrogens with one attached hydrogen (secondary N) is 1. The van der Waals surface area contributed by atoms with Crippen molar-refractivity contribution >= 4 is 5.95 Å². The summed E-state index contributed by atoms with van der Waals surface area (Å²) >= 11 is 0. The van der Waals surface area contributed by atoms with E-state index in [1.807, 2.05) is 32.2 Å². The largest absolute Gasteiger partial charge is 0.393 e. The van der Waals surface area contributed by atoms with Gasteiger partial charge in [-0.25, -0.2) is 4.98 Å². The van der Waals surface area contributed by atoms with Crippen molar-refractivity contribution in [3.05, 3.63) is 11.9 Å². The molecular formula is C14H26N4O. The van der Waals surface area contributed by atoms with E-state index in [9.17, 15) is 5.11 Å². The molecule has 0 saturated heterocycles. The normalized spacial score (nSPS) is 23.6. The molecular weight excluding hydrogens is 240 g/mol. The molecule has 1 aromatic rings. The Morgan fingerprint density at radius 2 is 2.26 bits per heavy atom. The SMILES string of the molecule is CN(C)c1ncc(CNCC2CCCC(O)C2)n1C. The van der Waals surface area contributed by atoms with Crippen LogP contribution in [-0.2, 0) is 13.6 Å². The molecule has 2 rings (SSSR count). The van der Waals surface area contributed by atoms with Gasteiger partial charge in [0.2, 0.25) is 5.95 Å². The minimum absolute atomic E-state index is 0.0856. The van der Waals surface area contributed by atoms with Crippen molar-refractivity contribution < 1.29 is 5.11 Å². The number of aromatic nitrogens is 2. The van der Waals surface area contributed by atoms with E-state index >= 15 is 0 Å². The third-order valence-electron chi connectivity index (χ3n) is 3.95. The van der Waals surface area contributed by atoms with Gasteiger partial charge in [0.1, 0.15) is 0 Å². The monoisotopic (exact) mass is 266 g/mol. The average Bonchev–Trinajstić information content (AvgIpc) is 2.71. The first-order valence-electron chi connectivity index (χ1n) is 7.14. The molecule has 1 aliphatic rings. The fourth-order valence-corrected chi connectivity index (χ4v) is 2.87. The van der Waals surface area contributed by atoms with Crippen molar-refractivity contribution in [3.8, 4) is 0 Å². The highest BCUT2D eigenvalue weighted by molar-refractivity contribution is 5.30. The number of hydrogen-bond acceptors (Lipinski definition) is 4. The van der Waals surface area contributed by atoms with E-state index < -0.39 is 0 Å². The zero-order valence-corrected chi connectivity index (χ0v) is 12.3. The second-order valence-corrected chi connectivity index (χ2v) is 5.82. The maximum Gasteiger partial charge on any atom is 0.204 e. The maximum absolute atomic E-state index is 9.66. The van der Waals surface area contributed by atoms with Crippen molar-refractivity contribution in [2.45, 2.75) is 38.3 Å². The second-order valence-electron chi connectivity index (χ2n) is 5.82. The number of rotatable bonds is 5. The molecule has 0 aliphatic heterocycles. The quantitative estimate of drug-likeness (QED) is 0.839. The number of anilines is 1. The van der Waals surface area contributed by atoms with E-state index in [0.29, 0.717) is 5.92 Å². The summed E-state index contributed by atoms with van der Waals surface area (Å²) in [5.41, 5.74) is 1.19. The van der Waals surface area contributed by atoms with Gasteiger partial charge in [-0.2, -0.15) is 0 Å². The lowest BCUT2D eigenvalue weighted by Crippen LogP contribution is -2.29. The summed E-state index contributed by atoms with van der Waals surface area (Å²) in [4.78, 5) is 6.42. The van der Waals surface area contributed by atoms with Gasteiger partial charge in [-0.1, -0.05) is 6.42 Å². The van der Waals surface area contributed by atoms with Crippen molar-refractivity contribution in [3.63, 3.8) is 0 Å². The minimum Gasteiger partial charge on any atom is -0.393 e. The summed E-state index contributed by atoms with van der Waals surface area (Å²) in [6.45, 7) is 1.82. The van der Waals surface area contributed by atoms with Crippen LogP contribution in [0.1, 0.15) is 31.4 Å². The lowest BCUT2D eigenvalue weighted by Gasteiger charge is -2.26. The first-order chi connectivity index (χ1) is 9.08. The Hall–Kier alpha value is -1.07. The van der Waals surface area contributed by atoms with Crippen molar-refractivity contribution in [1.82, 2.24) is 14.9 Å². The van der Waals surface area contributed by atoms with E-state index in [1.165, 1.54) is 12.1 Å². The molecule has 19 heavy (non-hydrogen) atoms. The van der Waals surface area contributed by atoms with Gasteiger partial charge in [-0.15, -0.1) is 0 Å². The highest BCUT2D eigenvalue weighted by Crippen LogP contribution is 2.23. The Balaban J connectivity index is 1.79. The molecule has 2 N–H and O–H groups in total. The van der Waals surface area contributed by atoms with Crippen LogP contribution in [0.25, 0.3) is 0 Å². The molecule has 0 amide bonds. The first-order valence-corrected chi connectivity index (χ1v) is 7.14. The number of hydrogen-bond donors (Lipinski definition) is 2. The topological polar surface area (TPSA) is 53.3 Å². The van der Waals surface area contributed by atoms with E-state index in [4.69, 9.17) is 0 Å². The first kappa shape index (κ1) is 14.3. The second kappa shape index (κ2) is 6.39. The molecule has 0 spiro atoms. The Morgan fingerprint density at radius 1 is 1.47 bits per heavy atom. The van der Waals surface area contributed by atoms with Gasteiger partial charge >= 0.3 is 0 Å². The zero-order chi connectivity index (χ0) is 13.8. The van der Waals surface area contributed by atoms with Crippen LogP contribution in [0.4, 0.5) is 5.95 Å². The van der Waals surface area contributed by atoms with Crippen LogP contribution in [-0.4, -0.2) is 41.4 Å². The molecule has 1 aliphatic carbocycles. The predicted octanol–water partition coefficient (Wildman–Crippen LogP) is 1.13. The van der Waals surface area contributed by atoms with Crippen molar-refractivity contribution in [2.24, 2.45) is 13.0 Å². The molecule has 2 atom stereocenters. The Labute approximate surface area is 115 Å². The fraction of sp³-hybridized carbons (Fsp3) is 0.786. The van der Waals surface area contributed by atoms with Crippen LogP contribution in [0, 0.1) is 5.92 Å². The zero-order valence-electron chi connectivity index (χ0n) is 12.3. The molecule has 1 aromatic heterocycles. The van der Waals surface area contributed by atoms with Gasteiger partial charge in [-0.05, 0) is 31.7 Å². The van der Waals surface area contributed by atoms with Crippen LogP contribution in [0.15, 0.2) is 6.20 Å². The van der Waals surface area contributed by atoms with Gasteiger partial charge in [0, 0.05) is 27.7 Å². The lowest BCUT2D eigenvalue weighted by atomic mass is 9.87. The van der Waals surface area contributed by atoms with Crippen LogP contribution >= 0.6 is 0 Å². The third kappa shape index (κ3) is 3.70. The molecule has 0 bridgehead atoms. The van der Waals surface area contributed by atoms with Gasteiger partial charge in [0.25, 0.3) is 0 Å². The van der Waals surface area contributed by atoms with Gasteiger partial charge in [0.05, 0.1) is 18.0 Å².